The van der Waals surface area contributed by atoms with Crippen molar-refractivity contribution in [3.8, 4) is 11.8 Å². The number of nitrogens with two attached hydrogens (primary N) is 2. The summed E-state index contributed by atoms with van der Waals surface area (Å²) < 4.78 is 15.9. The van der Waals surface area contributed by atoms with Gasteiger partial charge in [0.2, 0.25) is 11.9 Å². The number of anilines is 4. The van der Waals surface area contributed by atoms with Crippen molar-refractivity contribution in [3.05, 3.63) is 63.4 Å². The fraction of sp³-hybridized carbons (Fsp3) is 0.100. The predicted molar refractivity (Wildman–Crippen MR) is 118 cm³/mol. The summed E-state index contributed by atoms with van der Waals surface area (Å²) in [5, 5.41) is 9.56. The number of nitrogen functional groups attached to an aromatic ring is 2. The van der Waals surface area contributed by atoms with Crippen molar-refractivity contribution in [3.63, 3.8) is 0 Å². The highest BCUT2D eigenvalue weighted by atomic mass is 35.5. The van der Waals surface area contributed by atoms with Crippen LogP contribution in [0.5, 0.6) is 0 Å². The number of nitriles is 1. The van der Waals surface area contributed by atoms with Gasteiger partial charge in [-0.3, -0.25) is 14.7 Å². The van der Waals surface area contributed by atoms with Crippen molar-refractivity contribution in [1.29, 1.82) is 5.26 Å². The average molecular weight is 452 g/mol. The van der Waals surface area contributed by atoms with Crippen molar-refractivity contribution in [2.45, 2.75) is 6.92 Å². The van der Waals surface area contributed by atoms with E-state index in [0.717, 1.165) is 6.07 Å². The van der Waals surface area contributed by atoms with Crippen LogP contribution in [0, 0.1) is 17.1 Å². The largest absolute Gasteiger partial charge is 0.382 e. The maximum Gasteiger partial charge on any atom is 0.269 e. The highest BCUT2D eigenvalue weighted by molar-refractivity contribution is 6.35. The van der Waals surface area contributed by atoms with Gasteiger partial charge >= 0.3 is 0 Å². The summed E-state index contributed by atoms with van der Waals surface area (Å²) >= 11 is 6.22. The molecule has 0 saturated heterocycles. The SMILES string of the molecule is CCN(c1nc(N)nc(N)c1C#N)c1nc2c(F)ccc(Cl)c2c(=O)n1-c1cccnc1. The molecule has 0 radical (unpaired) electrons. The topological polar surface area (TPSA) is 153 Å². The summed E-state index contributed by atoms with van der Waals surface area (Å²) in [6.45, 7) is 1.90. The number of hydrogen-bond acceptors (Lipinski definition) is 9. The van der Waals surface area contributed by atoms with E-state index in [1.165, 1.54) is 27.9 Å². The first-order valence-corrected chi connectivity index (χ1v) is 9.67. The summed E-state index contributed by atoms with van der Waals surface area (Å²) in [7, 11) is 0. The van der Waals surface area contributed by atoms with E-state index in [2.05, 4.69) is 19.9 Å². The van der Waals surface area contributed by atoms with Gasteiger partial charge in [0, 0.05) is 12.7 Å². The number of rotatable bonds is 4. The molecule has 0 unspecified atom stereocenters. The molecule has 4 rings (SSSR count). The van der Waals surface area contributed by atoms with E-state index in [1.54, 1.807) is 19.1 Å². The normalized spacial score (nSPS) is 10.8. The van der Waals surface area contributed by atoms with E-state index in [0.29, 0.717) is 5.69 Å². The van der Waals surface area contributed by atoms with Gasteiger partial charge in [-0.1, -0.05) is 11.6 Å². The lowest BCUT2D eigenvalue weighted by atomic mass is 10.2. The number of pyridine rings is 1. The van der Waals surface area contributed by atoms with Gasteiger partial charge in [-0.2, -0.15) is 15.2 Å². The molecule has 4 aromatic rings. The number of fused-ring (bicyclic) bond motifs is 1. The highest BCUT2D eigenvalue weighted by Gasteiger charge is 2.25. The Morgan fingerprint density at radius 1 is 1.25 bits per heavy atom. The van der Waals surface area contributed by atoms with Gasteiger partial charge in [0.25, 0.3) is 5.56 Å². The van der Waals surface area contributed by atoms with Crippen LogP contribution in [0.25, 0.3) is 16.6 Å². The zero-order valence-corrected chi connectivity index (χ0v) is 17.4. The molecule has 0 aliphatic carbocycles. The van der Waals surface area contributed by atoms with E-state index in [-0.39, 0.29) is 51.6 Å². The average Bonchev–Trinajstić information content (AvgIpc) is 2.77. The molecule has 32 heavy (non-hydrogen) atoms. The fourth-order valence-electron chi connectivity index (χ4n) is 3.28. The van der Waals surface area contributed by atoms with Crippen molar-refractivity contribution < 1.29 is 4.39 Å². The summed E-state index contributed by atoms with van der Waals surface area (Å²) in [6.07, 6.45) is 2.97. The van der Waals surface area contributed by atoms with Gasteiger partial charge in [0.05, 0.1) is 22.3 Å². The molecule has 4 N–H and O–H groups in total. The lowest BCUT2D eigenvalue weighted by Crippen LogP contribution is -2.31. The highest BCUT2D eigenvalue weighted by Crippen LogP contribution is 2.31. The standard InChI is InChI=1S/C20H15ClFN9O/c1-2-30(17-11(8-23)16(24)28-19(25)29-17)20-27-15-13(22)6-5-12(21)14(15)18(32)31(20)10-4-3-7-26-9-10/h3-7,9H,2H2,1H3,(H4,24,25,28,29). The lowest BCUT2D eigenvalue weighted by molar-refractivity contribution is 0.635. The van der Waals surface area contributed by atoms with Crippen LogP contribution < -0.4 is 21.9 Å². The molecule has 3 heterocycles. The van der Waals surface area contributed by atoms with Crippen LogP contribution in [0.1, 0.15) is 12.5 Å². The molecule has 0 spiro atoms. The number of benzene rings is 1. The molecule has 0 saturated carbocycles. The van der Waals surface area contributed by atoms with Gasteiger partial charge < -0.3 is 11.5 Å². The monoisotopic (exact) mass is 451 g/mol. The van der Waals surface area contributed by atoms with Crippen LogP contribution in [0.15, 0.2) is 41.5 Å². The van der Waals surface area contributed by atoms with Crippen LogP contribution >= 0.6 is 11.6 Å². The minimum atomic E-state index is -0.737. The molecule has 0 atom stereocenters. The zero-order chi connectivity index (χ0) is 23.0. The van der Waals surface area contributed by atoms with Gasteiger partial charge in [0.15, 0.2) is 5.82 Å². The van der Waals surface area contributed by atoms with Crippen molar-refractivity contribution in [1.82, 2.24) is 24.5 Å². The summed E-state index contributed by atoms with van der Waals surface area (Å²) in [4.78, 5) is 31.4. The van der Waals surface area contributed by atoms with Crippen LogP contribution in [0.3, 0.4) is 0 Å². The number of halogens is 2. The third-order valence-electron chi connectivity index (χ3n) is 4.67. The van der Waals surface area contributed by atoms with E-state index in [9.17, 15) is 14.4 Å². The molecular weight excluding hydrogens is 437 g/mol. The van der Waals surface area contributed by atoms with Gasteiger partial charge in [-0.25, -0.2) is 13.9 Å². The summed E-state index contributed by atoms with van der Waals surface area (Å²) in [5.74, 6) is -1.07. The first kappa shape index (κ1) is 21.0. The number of nitrogens with zero attached hydrogens (tertiary/aromatic N) is 7. The molecule has 12 heteroatoms. The van der Waals surface area contributed by atoms with E-state index < -0.39 is 11.4 Å². The van der Waals surface area contributed by atoms with Crippen LogP contribution in [0.4, 0.5) is 27.9 Å². The van der Waals surface area contributed by atoms with E-state index >= 15 is 0 Å². The zero-order valence-electron chi connectivity index (χ0n) is 16.6. The molecule has 0 amide bonds. The Kier molecular flexibility index (Phi) is 5.29. The van der Waals surface area contributed by atoms with Crippen LogP contribution in [-0.4, -0.2) is 31.0 Å². The molecule has 0 fully saturated rings. The minimum absolute atomic E-state index is 0.0197. The first-order valence-electron chi connectivity index (χ1n) is 9.29. The maximum atomic E-state index is 14.7. The van der Waals surface area contributed by atoms with Crippen LogP contribution in [0.2, 0.25) is 5.02 Å². The number of hydrogen-bond donors (Lipinski definition) is 2. The van der Waals surface area contributed by atoms with Gasteiger partial charge in [-0.15, -0.1) is 0 Å². The van der Waals surface area contributed by atoms with Crippen molar-refractivity contribution in [2.24, 2.45) is 0 Å². The third-order valence-corrected chi connectivity index (χ3v) is 4.99. The molecule has 0 aliphatic rings. The smallest absolute Gasteiger partial charge is 0.269 e. The number of aromatic nitrogens is 5. The van der Waals surface area contributed by atoms with Gasteiger partial charge in [-0.05, 0) is 31.2 Å². The fourth-order valence-corrected chi connectivity index (χ4v) is 3.51. The molecule has 3 aromatic heterocycles. The predicted octanol–water partition coefficient (Wildman–Crippen LogP) is 2.56. The van der Waals surface area contributed by atoms with E-state index in [1.807, 2.05) is 6.07 Å². The summed E-state index contributed by atoms with van der Waals surface area (Å²) in [6, 6.07) is 7.59. The molecule has 10 nitrogen and oxygen atoms in total. The Bertz CT molecular complexity index is 1450. The lowest BCUT2D eigenvalue weighted by Gasteiger charge is -2.25. The molecule has 0 aliphatic heterocycles. The second-order valence-electron chi connectivity index (χ2n) is 6.54. The second-order valence-corrected chi connectivity index (χ2v) is 6.95. The van der Waals surface area contributed by atoms with Crippen molar-refractivity contribution >= 4 is 46.0 Å². The third kappa shape index (κ3) is 3.32. The minimum Gasteiger partial charge on any atom is -0.382 e. The Balaban J connectivity index is 2.16. The molecular formula is C20H15ClFN9O. The van der Waals surface area contributed by atoms with E-state index in [4.69, 9.17) is 23.1 Å². The van der Waals surface area contributed by atoms with Crippen LogP contribution in [-0.2, 0) is 0 Å². The van der Waals surface area contributed by atoms with Crippen molar-refractivity contribution in [2.75, 3.05) is 22.9 Å². The first-order chi connectivity index (χ1) is 15.4. The Morgan fingerprint density at radius 3 is 2.69 bits per heavy atom. The second kappa shape index (κ2) is 8.09. The van der Waals surface area contributed by atoms with Gasteiger partial charge in [0.1, 0.15) is 28.8 Å². The molecule has 1 aromatic carbocycles. The Hall–Kier alpha value is -4.30. The Labute approximate surface area is 185 Å². The molecule has 160 valence electrons. The summed E-state index contributed by atoms with van der Waals surface area (Å²) in [5.41, 5.74) is 11.0. The quantitative estimate of drug-likeness (QED) is 0.476. The Morgan fingerprint density at radius 2 is 2.03 bits per heavy atom. The molecule has 0 bridgehead atoms. The maximum absolute atomic E-state index is 14.7.